The fourth-order valence-corrected chi connectivity index (χ4v) is 2.48. The fraction of sp³-hybridized carbons (Fsp3) is 0.500. The molecule has 0 radical (unpaired) electrons. The summed E-state index contributed by atoms with van der Waals surface area (Å²) >= 11 is 0. The normalized spacial score (nSPS) is 17.0. The van der Waals surface area contributed by atoms with Gasteiger partial charge in [0.15, 0.2) is 6.61 Å². The predicted molar refractivity (Wildman–Crippen MR) is 78.7 cm³/mol. The second kappa shape index (κ2) is 6.72. The van der Waals surface area contributed by atoms with Crippen molar-refractivity contribution in [2.45, 2.75) is 32.9 Å². The highest BCUT2D eigenvalue weighted by Gasteiger charge is 2.18. The molecule has 21 heavy (non-hydrogen) atoms. The Balaban J connectivity index is 1.49. The van der Waals surface area contributed by atoms with Crippen LogP contribution in [-0.2, 0) is 13.2 Å². The van der Waals surface area contributed by atoms with E-state index in [4.69, 9.17) is 9.15 Å². The van der Waals surface area contributed by atoms with Gasteiger partial charge in [-0.3, -0.25) is 4.90 Å². The Morgan fingerprint density at radius 3 is 2.62 bits per heavy atom. The second-order valence-electron chi connectivity index (χ2n) is 5.65. The zero-order valence-corrected chi connectivity index (χ0v) is 12.4. The van der Waals surface area contributed by atoms with Crippen LogP contribution in [0.2, 0.25) is 0 Å². The van der Waals surface area contributed by atoms with Crippen molar-refractivity contribution in [2.24, 2.45) is 5.92 Å². The molecule has 5 nitrogen and oxygen atoms in total. The molecule has 1 aromatic carbocycles. The number of hydrogen-bond donors (Lipinski definition) is 0. The number of piperidine rings is 1. The molecule has 112 valence electrons. The molecular formula is C16H21N3O2. The number of ether oxygens (including phenoxy) is 1. The minimum absolute atomic E-state index is 0.314. The Morgan fingerprint density at radius 2 is 1.86 bits per heavy atom. The molecule has 0 N–H and O–H groups in total. The van der Waals surface area contributed by atoms with Gasteiger partial charge in [0.25, 0.3) is 5.89 Å². The molecule has 1 aromatic heterocycles. The minimum Gasteiger partial charge on any atom is -0.484 e. The first-order valence-corrected chi connectivity index (χ1v) is 7.51. The summed E-state index contributed by atoms with van der Waals surface area (Å²) in [6.07, 6.45) is 2.50. The number of aromatic nitrogens is 2. The van der Waals surface area contributed by atoms with Crippen molar-refractivity contribution in [3.63, 3.8) is 0 Å². The van der Waals surface area contributed by atoms with Gasteiger partial charge in [0, 0.05) is 0 Å². The van der Waals surface area contributed by atoms with Gasteiger partial charge in [-0.15, -0.1) is 10.2 Å². The molecule has 0 spiro atoms. The Hall–Kier alpha value is -1.88. The summed E-state index contributed by atoms with van der Waals surface area (Å²) in [5, 5.41) is 8.15. The molecule has 0 atom stereocenters. The summed E-state index contributed by atoms with van der Waals surface area (Å²) in [6, 6.07) is 9.65. The van der Waals surface area contributed by atoms with Crippen LogP contribution in [0, 0.1) is 5.92 Å². The highest BCUT2D eigenvalue weighted by atomic mass is 16.5. The molecule has 1 saturated heterocycles. The number of para-hydroxylation sites is 1. The van der Waals surface area contributed by atoms with Crippen LogP contribution >= 0.6 is 0 Å². The van der Waals surface area contributed by atoms with Crippen LogP contribution in [-0.4, -0.2) is 28.2 Å². The van der Waals surface area contributed by atoms with Gasteiger partial charge >= 0.3 is 0 Å². The highest BCUT2D eigenvalue weighted by molar-refractivity contribution is 5.20. The summed E-state index contributed by atoms with van der Waals surface area (Å²) in [4.78, 5) is 2.37. The SMILES string of the molecule is CC1CCN(Cc2nnc(COc3ccccc3)o2)CC1. The molecule has 1 fully saturated rings. The van der Waals surface area contributed by atoms with E-state index < -0.39 is 0 Å². The molecule has 0 amide bonds. The van der Waals surface area contributed by atoms with E-state index in [1.54, 1.807) is 0 Å². The molecule has 1 aliphatic heterocycles. The highest BCUT2D eigenvalue weighted by Crippen LogP contribution is 2.18. The van der Waals surface area contributed by atoms with E-state index >= 15 is 0 Å². The van der Waals surface area contributed by atoms with Crippen molar-refractivity contribution in [3.05, 3.63) is 42.1 Å². The lowest BCUT2D eigenvalue weighted by Crippen LogP contribution is -2.32. The van der Waals surface area contributed by atoms with Gasteiger partial charge in [-0.05, 0) is 44.0 Å². The third kappa shape index (κ3) is 4.04. The van der Waals surface area contributed by atoms with Crippen molar-refractivity contribution in [3.8, 4) is 5.75 Å². The molecule has 0 unspecified atom stereocenters. The zero-order chi connectivity index (χ0) is 14.5. The largest absolute Gasteiger partial charge is 0.484 e. The molecule has 2 aromatic rings. The average Bonchev–Trinajstić information content (AvgIpc) is 2.96. The van der Waals surface area contributed by atoms with E-state index in [1.165, 1.54) is 12.8 Å². The molecule has 2 heterocycles. The average molecular weight is 287 g/mol. The predicted octanol–water partition coefficient (Wildman–Crippen LogP) is 2.88. The minimum atomic E-state index is 0.314. The first kappa shape index (κ1) is 14.1. The monoisotopic (exact) mass is 287 g/mol. The number of benzene rings is 1. The lowest BCUT2D eigenvalue weighted by atomic mass is 9.99. The molecule has 0 bridgehead atoms. The van der Waals surface area contributed by atoms with E-state index in [9.17, 15) is 0 Å². The Morgan fingerprint density at radius 1 is 1.14 bits per heavy atom. The standard InChI is InChI=1S/C16H21N3O2/c1-13-7-9-19(10-8-13)11-15-17-18-16(21-15)12-20-14-5-3-2-4-6-14/h2-6,13H,7-12H2,1H3. The second-order valence-corrected chi connectivity index (χ2v) is 5.65. The van der Waals surface area contributed by atoms with E-state index in [-0.39, 0.29) is 0 Å². The molecule has 3 rings (SSSR count). The maximum atomic E-state index is 5.65. The van der Waals surface area contributed by atoms with Crippen LogP contribution < -0.4 is 4.74 Å². The summed E-state index contributed by atoms with van der Waals surface area (Å²) in [6.45, 7) is 5.58. The zero-order valence-electron chi connectivity index (χ0n) is 12.4. The maximum Gasteiger partial charge on any atom is 0.253 e. The Bertz CT molecular complexity index is 548. The van der Waals surface area contributed by atoms with Crippen molar-refractivity contribution in [2.75, 3.05) is 13.1 Å². The van der Waals surface area contributed by atoms with Crippen LogP contribution in [0.25, 0.3) is 0 Å². The molecule has 1 aliphatic rings. The van der Waals surface area contributed by atoms with Crippen molar-refractivity contribution in [1.29, 1.82) is 0 Å². The topological polar surface area (TPSA) is 51.4 Å². The van der Waals surface area contributed by atoms with Gasteiger partial charge in [-0.1, -0.05) is 25.1 Å². The van der Waals surface area contributed by atoms with Crippen LogP contribution in [0.4, 0.5) is 0 Å². The van der Waals surface area contributed by atoms with E-state index in [0.717, 1.165) is 31.3 Å². The van der Waals surface area contributed by atoms with E-state index in [0.29, 0.717) is 18.4 Å². The van der Waals surface area contributed by atoms with Crippen LogP contribution in [0.5, 0.6) is 5.75 Å². The summed E-state index contributed by atoms with van der Waals surface area (Å²) in [5.74, 6) is 2.84. The van der Waals surface area contributed by atoms with Gasteiger partial charge in [-0.2, -0.15) is 0 Å². The van der Waals surface area contributed by atoms with Gasteiger partial charge in [0.2, 0.25) is 5.89 Å². The van der Waals surface area contributed by atoms with E-state index in [1.807, 2.05) is 30.3 Å². The van der Waals surface area contributed by atoms with Crippen molar-refractivity contribution >= 4 is 0 Å². The summed E-state index contributed by atoms with van der Waals surface area (Å²) in [5.41, 5.74) is 0. The first-order chi connectivity index (χ1) is 10.3. The number of likely N-dealkylation sites (tertiary alicyclic amines) is 1. The Labute approximate surface area is 124 Å². The number of nitrogens with zero attached hydrogens (tertiary/aromatic N) is 3. The lowest BCUT2D eigenvalue weighted by molar-refractivity contribution is 0.167. The van der Waals surface area contributed by atoms with Crippen LogP contribution in [0.3, 0.4) is 0 Å². The lowest BCUT2D eigenvalue weighted by Gasteiger charge is -2.28. The van der Waals surface area contributed by atoms with E-state index in [2.05, 4.69) is 22.0 Å². The number of rotatable bonds is 5. The Kier molecular flexibility index (Phi) is 4.50. The fourth-order valence-electron chi connectivity index (χ4n) is 2.48. The van der Waals surface area contributed by atoms with Crippen LogP contribution in [0.15, 0.2) is 34.7 Å². The summed E-state index contributed by atoms with van der Waals surface area (Å²) < 4.78 is 11.2. The summed E-state index contributed by atoms with van der Waals surface area (Å²) in [7, 11) is 0. The maximum absolute atomic E-state index is 5.65. The molecule has 0 aliphatic carbocycles. The van der Waals surface area contributed by atoms with Gasteiger partial charge in [-0.25, -0.2) is 0 Å². The smallest absolute Gasteiger partial charge is 0.253 e. The molecular weight excluding hydrogens is 266 g/mol. The molecule has 5 heteroatoms. The van der Waals surface area contributed by atoms with Gasteiger partial charge in [0.05, 0.1) is 6.54 Å². The molecule has 0 saturated carbocycles. The first-order valence-electron chi connectivity index (χ1n) is 7.51. The number of hydrogen-bond acceptors (Lipinski definition) is 5. The third-order valence-corrected chi connectivity index (χ3v) is 3.85. The quantitative estimate of drug-likeness (QED) is 0.846. The van der Waals surface area contributed by atoms with Gasteiger partial charge in [0.1, 0.15) is 5.75 Å². The third-order valence-electron chi connectivity index (χ3n) is 3.85. The van der Waals surface area contributed by atoms with Crippen molar-refractivity contribution in [1.82, 2.24) is 15.1 Å². The van der Waals surface area contributed by atoms with Crippen molar-refractivity contribution < 1.29 is 9.15 Å². The van der Waals surface area contributed by atoms with Crippen LogP contribution in [0.1, 0.15) is 31.5 Å². The van der Waals surface area contributed by atoms with Gasteiger partial charge < -0.3 is 9.15 Å².